The third kappa shape index (κ3) is 5.33. The number of aryl methyl sites for hydroxylation is 1. The molecule has 3 nitrogen and oxygen atoms in total. The summed E-state index contributed by atoms with van der Waals surface area (Å²) in [5.74, 6) is 1.83. The second-order valence-electron chi connectivity index (χ2n) is 12.2. The molecule has 0 amide bonds. The Morgan fingerprint density at radius 3 is 2.40 bits per heavy atom. The number of hydrogen-bond acceptors (Lipinski definition) is 1. The van der Waals surface area contributed by atoms with Crippen LogP contribution in [0.2, 0.25) is 0 Å². The van der Waals surface area contributed by atoms with Gasteiger partial charge in [-0.25, -0.2) is 0 Å². The van der Waals surface area contributed by atoms with Gasteiger partial charge < -0.3 is 9.30 Å². The number of allylic oxidation sites excluding steroid dienone is 5. The summed E-state index contributed by atoms with van der Waals surface area (Å²) in [6, 6.07) is 27.6. The summed E-state index contributed by atoms with van der Waals surface area (Å²) in [6.07, 6.45) is 13.2. The van der Waals surface area contributed by atoms with Crippen molar-refractivity contribution in [2.24, 2.45) is 0 Å². The summed E-state index contributed by atoms with van der Waals surface area (Å²) in [6.45, 7) is 15.6. The van der Waals surface area contributed by atoms with Gasteiger partial charge >= 0.3 is 0 Å². The monoisotopic (exact) mass is 567 g/mol. The van der Waals surface area contributed by atoms with E-state index < -0.39 is 0 Å². The molecule has 218 valence electrons. The van der Waals surface area contributed by atoms with Crippen molar-refractivity contribution in [2.75, 3.05) is 6.54 Å². The number of fused-ring (bicyclic) bond motifs is 2. The van der Waals surface area contributed by atoms with Crippen LogP contribution in [0, 0.1) is 0 Å². The molecule has 6 rings (SSSR count). The van der Waals surface area contributed by atoms with E-state index in [1.807, 2.05) is 30.3 Å². The van der Waals surface area contributed by atoms with E-state index in [2.05, 4.69) is 116 Å². The van der Waals surface area contributed by atoms with Gasteiger partial charge in [0.2, 0.25) is 5.69 Å². The van der Waals surface area contributed by atoms with Gasteiger partial charge in [-0.2, -0.15) is 4.58 Å². The van der Waals surface area contributed by atoms with Crippen molar-refractivity contribution in [1.82, 2.24) is 4.57 Å². The molecular formula is C40H43N2O+. The zero-order valence-corrected chi connectivity index (χ0v) is 26.1. The fraction of sp³-hybridized carbons (Fsp3) is 0.275. The van der Waals surface area contributed by atoms with Gasteiger partial charge in [-0.05, 0) is 74.6 Å². The maximum absolute atomic E-state index is 6.65. The second kappa shape index (κ2) is 12.1. The first-order valence-electron chi connectivity index (χ1n) is 15.8. The first kappa shape index (κ1) is 28.7. The smallest absolute Gasteiger partial charge is 0.209 e. The lowest BCUT2D eigenvalue weighted by Gasteiger charge is -2.15. The normalized spacial score (nSPS) is 17.7. The van der Waals surface area contributed by atoms with E-state index in [1.54, 1.807) is 0 Å². The highest BCUT2D eigenvalue weighted by molar-refractivity contribution is 6.03. The van der Waals surface area contributed by atoms with E-state index in [0.29, 0.717) is 0 Å². The predicted molar refractivity (Wildman–Crippen MR) is 182 cm³/mol. The van der Waals surface area contributed by atoms with Gasteiger partial charge in [0.1, 0.15) is 18.1 Å². The summed E-state index contributed by atoms with van der Waals surface area (Å²) in [5.41, 5.74) is 7.72. The van der Waals surface area contributed by atoms with Crippen LogP contribution >= 0.6 is 0 Å². The number of rotatable bonds is 9. The number of nitrogens with zero attached hydrogens (tertiary/aromatic N) is 2. The summed E-state index contributed by atoms with van der Waals surface area (Å²) in [5, 5.41) is 3.49. The van der Waals surface area contributed by atoms with E-state index in [1.165, 1.54) is 44.4 Å². The van der Waals surface area contributed by atoms with Crippen LogP contribution in [-0.2, 0) is 12.0 Å². The second-order valence-corrected chi connectivity index (χ2v) is 12.2. The van der Waals surface area contributed by atoms with Gasteiger partial charge in [0.15, 0.2) is 5.71 Å². The molecule has 0 N–H and O–H groups in total. The Morgan fingerprint density at radius 1 is 0.860 bits per heavy atom. The van der Waals surface area contributed by atoms with Crippen LogP contribution in [0.3, 0.4) is 0 Å². The molecule has 1 aliphatic heterocycles. The molecular weight excluding hydrogens is 524 g/mol. The molecule has 43 heavy (non-hydrogen) atoms. The number of ether oxygens (including phenoxy) is 1. The van der Waals surface area contributed by atoms with E-state index in [0.717, 1.165) is 55.5 Å². The van der Waals surface area contributed by atoms with Crippen molar-refractivity contribution in [3.63, 3.8) is 0 Å². The van der Waals surface area contributed by atoms with Gasteiger partial charge in [0.05, 0.1) is 5.41 Å². The molecule has 4 aromatic rings. The van der Waals surface area contributed by atoms with Crippen LogP contribution in [0.4, 0.5) is 5.69 Å². The lowest BCUT2D eigenvalue weighted by molar-refractivity contribution is -0.437. The van der Waals surface area contributed by atoms with Crippen molar-refractivity contribution in [3.8, 4) is 5.75 Å². The van der Waals surface area contributed by atoms with E-state index in [4.69, 9.17) is 4.74 Å². The number of aromatic nitrogens is 1. The molecule has 0 fully saturated rings. The Balaban J connectivity index is 1.45. The van der Waals surface area contributed by atoms with Gasteiger partial charge in [0, 0.05) is 52.1 Å². The summed E-state index contributed by atoms with van der Waals surface area (Å²) >= 11 is 0. The molecule has 0 atom stereocenters. The Hall–Kier alpha value is -4.37. The number of benzene rings is 3. The first-order valence-corrected chi connectivity index (χ1v) is 15.8. The van der Waals surface area contributed by atoms with E-state index in [9.17, 15) is 0 Å². The molecule has 1 aliphatic carbocycles. The fourth-order valence-electron chi connectivity index (χ4n) is 6.77. The molecule has 0 radical (unpaired) electrons. The third-order valence-corrected chi connectivity index (χ3v) is 8.91. The predicted octanol–water partition coefficient (Wildman–Crippen LogP) is 8.34. The van der Waals surface area contributed by atoms with Crippen LogP contribution in [-0.4, -0.2) is 21.4 Å². The molecule has 0 spiro atoms. The van der Waals surface area contributed by atoms with Crippen LogP contribution in [0.15, 0.2) is 114 Å². The molecule has 0 saturated carbocycles. The number of para-hydroxylation sites is 3. The molecule has 2 aliphatic rings. The third-order valence-electron chi connectivity index (χ3n) is 8.91. The number of hydrogen-bond donors (Lipinski definition) is 0. The fourth-order valence-corrected chi connectivity index (χ4v) is 6.77. The van der Waals surface area contributed by atoms with Crippen molar-refractivity contribution < 1.29 is 9.31 Å². The summed E-state index contributed by atoms with van der Waals surface area (Å²) in [4.78, 5) is 0. The van der Waals surface area contributed by atoms with Crippen LogP contribution in [0.5, 0.6) is 5.75 Å². The minimum Gasteiger partial charge on any atom is -0.457 e. The molecule has 2 heterocycles. The van der Waals surface area contributed by atoms with E-state index in [-0.39, 0.29) is 5.41 Å². The average Bonchev–Trinajstić information content (AvgIpc) is 3.60. The average molecular weight is 568 g/mol. The Kier molecular flexibility index (Phi) is 8.08. The minimum absolute atomic E-state index is 0.0639. The van der Waals surface area contributed by atoms with Crippen molar-refractivity contribution >= 4 is 35.0 Å². The van der Waals surface area contributed by atoms with Gasteiger partial charge in [-0.1, -0.05) is 81.1 Å². The minimum atomic E-state index is -0.0639. The SMILES string of the molecule is C=c1/c(=C\C=C2/CCC(/C=C/C3=[N+](CCC)c4ccccc4C3(C)C)=C2Oc2ccccc2)n(CCC)c2ccccc12. The maximum atomic E-state index is 6.65. The standard InChI is InChI=1S/C40H43N2O/c1-6-27-41-35(29(3)33-17-11-13-19-36(33)41)25-23-30-21-22-31(39(30)43-32-15-9-8-10-16-32)24-26-38-40(4,5)34-18-12-14-20-37(34)42(38)28-7-2/h8-20,23-26H,3,6-7,21-22,27-28H2,1-2,4-5H3/q+1. The van der Waals surface area contributed by atoms with Crippen LogP contribution in [0.25, 0.3) is 23.6 Å². The van der Waals surface area contributed by atoms with Gasteiger partial charge in [0.25, 0.3) is 0 Å². The zero-order chi connectivity index (χ0) is 30.0. The first-order chi connectivity index (χ1) is 20.9. The highest BCUT2D eigenvalue weighted by Crippen LogP contribution is 2.41. The lowest BCUT2D eigenvalue weighted by Crippen LogP contribution is -2.28. The molecule has 3 heteroatoms. The molecule has 0 unspecified atom stereocenters. The largest absolute Gasteiger partial charge is 0.457 e. The highest BCUT2D eigenvalue weighted by atomic mass is 16.5. The van der Waals surface area contributed by atoms with Crippen LogP contribution < -0.4 is 15.3 Å². The Labute approximate surface area is 256 Å². The van der Waals surface area contributed by atoms with Crippen molar-refractivity contribution in [2.45, 2.75) is 65.3 Å². The molecule has 0 saturated heterocycles. The quantitative estimate of drug-likeness (QED) is 0.186. The maximum Gasteiger partial charge on any atom is 0.209 e. The Bertz CT molecular complexity index is 1900. The lowest BCUT2D eigenvalue weighted by atomic mass is 9.81. The topological polar surface area (TPSA) is 17.2 Å². The molecule has 1 aromatic heterocycles. The zero-order valence-electron chi connectivity index (χ0n) is 26.1. The van der Waals surface area contributed by atoms with Gasteiger partial charge in [-0.3, -0.25) is 0 Å². The van der Waals surface area contributed by atoms with Gasteiger partial charge in [-0.15, -0.1) is 0 Å². The van der Waals surface area contributed by atoms with Crippen LogP contribution in [0.1, 0.15) is 58.9 Å². The molecule has 0 bridgehead atoms. The molecule has 3 aromatic carbocycles. The van der Waals surface area contributed by atoms with Crippen molar-refractivity contribution in [3.05, 3.63) is 130 Å². The van der Waals surface area contributed by atoms with E-state index >= 15 is 0 Å². The van der Waals surface area contributed by atoms with Crippen molar-refractivity contribution in [1.29, 1.82) is 0 Å². The Morgan fingerprint density at radius 2 is 1.60 bits per heavy atom. The summed E-state index contributed by atoms with van der Waals surface area (Å²) in [7, 11) is 0. The summed E-state index contributed by atoms with van der Waals surface area (Å²) < 4.78 is 11.6. The highest BCUT2D eigenvalue weighted by Gasteiger charge is 2.43.